The molecule has 0 fully saturated rings. The zero-order valence-electron chi connectivity index (χ0n) is 9.36. The molecule has 1 heterocycles. The molecule has 0 amide bonds. The summed E-state index contributed by atoms with van der Waals surface area (Å²) >= 11 is 0. The number of furan rings is 1. The van der Waals surface area contributed by atoms with Gasteiger partial charge < -0.3 is 15.5 Å². The van der Waals surface area contributed by atoms with Crippen molar-refractivity contribution in [2.45, 2.75) is 19.9 Å². The summed E-state index contributed by atoms with van der Waals surface area (Å²) in [4.78, 5) is 0. The molecule has 3 N–H and O–H groups in total. The van der Waals surface area contributed by atoms with Crippen molar-refractivity contribution in [1.82, 2.24) is 0 Å². The minimum absolute atomic E-state index is 0.695. The summed E-state index contributed by atoms with van der Waals surface area (Å²) in [7, 11) is 0. The van der Waals surface area contributed by atoms with E-state index in [9.17, 15) is 0 Å². The first-order chi connectivity index (χ1) is 7.79. The van der Waals surface area contributed by atoms with Crippen LogP contribution in [-0.2, 0) is 13.0 Å². The predicted octanol–water partition coefficient (Wildman–Crippen LogP) is 3.04. The van der Waals surface area contributed by atoms with Gasteiger partial charge in [0.2, 0.25) is 0 Å². The summed E-state index contributed by atoms with van der Waals surface area (Å²) < 4.78 is 5.25. The van der Waals surface area contributed by atoms with Gasteiger partial charge >= 0.3 is 0 Å². The molecule has 0 aliphatic heterocycles. The third-order valence-electron chi connectivity index (χ3n) is 2.57. The summed E-state index contributed by atoms with van der Waals surface area (Å²) in [5, 5.41) is 3.30. The van der Waals surface area contributed by atoms with Gasteiger partial charge in [0.15, 0.2) is 0 Å². The van der Waals surface area contributed by atoms with E-state index in [1.165, 1.54) is 5.56 Å². The van der Waals surface area contributed by atoms with Gasteiger partial charge in [0.25, 0.3) is 0 Å². The number of nitrogen functional groups attached to an aromatic ring is 1. The van der Waals surface area contributed by atoms with E-state index in [0.717, 1.165) is 23.6 Å². The molecule has 0 bridgehead atoms. The molecule has 3 heteroatoms. The Balaban J connectivity index is 2.04. The van der Waals surface area contributed by atoms with Gasteiger partial charge in [0.05, 0.1) is 12.8 Å². The highest BCUT2D eigenvalue weighted by molar-refractivity contribution is 5.57. The SMILES string of the molecule is CCc1cc(NCc2ccco2)ccc1N. The van der Waals surface area contributed by atoms with Crippen LogP contribution in [0.2, 0.25) is 0 Å². The summed E-state index contributed by atoms with van der Waals surface area (Å²) in [6, 6.07) is 9.83. The van der Waals surface area contributed by atoms with Crippen LogP contribution in [0, 0.1) is 0 Å². The molecule has 1 aromatic carbocycles. The first-order valence-electron chi connectivity index (χ1n) is 5.44. The number of hydrogen-bond acceptors (Lipinski definition) is 3. The Labute approximate surface area is 95.3 Å². The maximum Gasteiger partial charge on any atom is 0.122 e. The maximum atomic E-state index is 5.84. The summed E-state index contributed by atoms with van der Waals surface area (Å²) in [6.07, 6.45) is 2.62. The molecular weight excluding hydrogens is 200 g/mol. The number of anilines is 2. The molecule has 2 aromatic rings. The van der Waals surface area contributed by atoms with Crippen LogP contribution < -0.4 is 11.1 Å². The monoisotopic (exact) mass is 216 g/mol. The van der Waals surface area contributed by atoms with Crippen molar-refractivity contribution in [1.29, 1.82) is 0 Å². The van der Waals surface area contributed by atoms with Crippen molar-refractivity contribution in [2.24, 2.45) is 0 Å². The van der Waals surface area contributed by atoms with E-state index in [1.807, 2.05) is 24.3 Å². The van der Waals surface area contributed by atoms with Crippen molar-refractivity contribution in [3.63, 3.8) is 0 Å². The van der Waals surface area contributed by atoms with Crippen LogP contribution in [0.1, 0.15) is 18.2 Å². The normalized spacial score (nSPS) is 10.3. The Morgan fingerprint density at radius 3 is 2.88 bits per heavy atom. The maximum absolute atomic E-state index is 5.84. The van der Waals surface area contributed by atoms with Crippen LogP contribution in [0.4, 0.5) is 11.4 Å². The number of aryl methyl sites for hydroxylation is 1. The second kappa shape index (κ2) is 4.75. The largest absolute Gasteiger partial charge is 0.467 e. The third-order valence-corrected chi connectivity index (χ3v) is 2.57. The van der Waals surface area contributed by atoms with Crippen LogP contribution >= 0.6 is 0 Å². The Morgan fingerprint density at radius 2 is 2.19 bits per heavy atom. The van der Waals surface area contributed by atoms with E-state index in [4.69, 9.17) is 10.2 Å². The van der Waals surface area contributed by atoms with Crippen LogP contribution in [-0.4, -0.2) is 0 Å². The van der Waals surface area contributed by atoms with E-state index in [0.29, 0.717) is 6.54 Å². The lowest BCUT2D eigenvalue weighted by Crippen LogP contribution is -2.00. The lowest BCUT2D eigenvalue weighted by atomic mass is 10.1. The molecule has 0 saturated heterocycles. The summed E-state index contributed by atoms with van der Waals surface area (Å²) in [6.45, 7) is 2.79. The number of rotatable bonds is 4. The Morgan fingerprint density at radius 1 is 1.31 bits per heavy atom. The Bertz CT molecular complexity index is 449. The fraction of sp³-hybridized carbons (Fsp3) is 0.231. The van der Waals surface area contributed by atoms with E-state index in [-0.39, 0.29) is 0 Å². The number of nitrogens with one attached hydrogen (secondary N) is 1. The van der Waals surface area contributed by atoms with Crippen LogP contribution in [0.3, 0.4) is 0 Å². The van der Waals surface area contributed by atoms with E-state index < -0.39 is 0 Å². The fourth-order valence-corrected chi connectivity index (χ4v) is 1.62. The highest BCUT2D eigenvalue weighted by Gasteiger charge is 2.00. The summed E-state index contributed by atoms with van der Waals surface area (Å²) in [5.41, 5.74) is 8.94. The minimum atomic E-state index is 0.695. The lowest BCUT2D eigenvalue weighted by molar-refractivity contribution is 0.518. The lowest BCUT2D eigenvalue weighted by Gasteiger charge is -2.08. The first kappa shape index (κ1) is 10.6. The third kappa shape index (κ3) is 2.37. The highest BCUT2D eigenvalue weighted by Crippen LogP contribution is 2.18. The fourth-order valence-electron chi connectivity index (χ4n) is 1.62. The molecule has 0 atom stereocenters. The molecule has 0 unspecified atom stereocenters. The van der Waals surface area contributed by atoms with Crippen molar-refractivity contribution in [3.8, 4) is 0 Å². The van der Waals surface area contributed by atoms with Crippen molar-refractivity contribution < 1.29 is 4.42 Å². The molecule has 0 saturated carbocycles. The molecule has 3 nitrogen and oxygen atoms in total. The topological polar surface area (TPSA) is 51.2 Å². The molecule has 1 aromatic heterocycles. The zero-order valence-corrected chi connectivity index (χ0v) is 9.36. The first-order valence-corrected chi connectivity index (χ1v) is 5.44. The molecule has 16 heavy (non-hydrogen) atoms. The number of hydrogen-bond donors (Lipinski definition) is 2. The Hall–Kier alpha value is -1.90. The molecule has 0 aliphatic rings. The average Bonchev–Trinajstić information content (AvgIpc) is 2.81. The van der Waals surface area contributed by atoms with E-state index in [1.54, 1.807) is 6.26 Å². The molecule has 2 rings (SSSR count). The predicted molar refractivity (Wildman–Crippen MR) is 66.3 cm³/mol. The number of nitrogens with two attached hydrogens (primary N) is 1. The van der Waals surface area contributed by atoms with E-state index in [2.05, 4.69) is 18.3 Å². The second-order valence-corrected chi connectivity index (χ2v) is 3.70. The molecule has 84 valence electrons. The van der Waals surface area contributed by atoms with Gasteiger partial charge in [0.1, 0.15) is 5.76 Å². The zero-order chi connectivity index (χ0) is 11.4. The van der Waals surface area contributed by atoms with Crippen LogP contribution in [0.5, 0.6) is 0 Å². The van der Waals surface area contributed by atoms with Crippen molar-refractivity contribution in [2.75, 3.05) is 11.1 Å². The molecule has 0 aliphatic carbocycles. The minimum Gasteiger partial charge on any atom is -0.467 e. The summed E-state index contributed by atoms with van der Waals surface area (Å²) in [5.74, 6) is 0.926. The second-order valence-electron chi connectivity index (χ2n) is 3.70. The van der Waals surface area contributed by atoms with Gasteiger partial charge in [-0.1, -0.05) is 6.92 Å². The molecule has 0 spiro atoms. The van der Waals surface area contributed by atoms with E-state index >= 15 is 0 Å². The van der Waals surface area contributed by atoms with Crippen molar-refractivity contribution >= 4 is 11.4 Å². The Kier molecular flexibility index (Phi) is 3.15. The standard InChI is InChI=1S/C13H16N2O/c1-2-10-8-11(5-6-13(10)14)15-9-12-4-3-7-16-12/h3-8,15H,2,9,14H2,1H3. The van der Waals surface area contributed by atoms with Crippen LogP contribution in [0.15, 0.2) is 41.0 Å². The van der Waals surface area contributed by atoms with Gasteiger partial charge in [-0.05, 0) is 42.3 Å². The smallest absolute Gasteiger partial charge is 0.122 e. The average molecular weight is 216 g/mol. The van der Waals surface area contributed by atoms with Gasteiger partial charge in [0, 0.05) is 11.4 Å². The van der Waals surface area contributed by atoms with Crippen LogP contribution in [0.25, 0.3) is 0 Å². The van der Waals surface area contributed by atoms with Crippen molar-refractivity contribution in [3.05, 3.63) is 47.9 Å². The molecular formula is C13H16N2O. The van der Waals surface area contributed by atoms with Gasteiger partial charge in [-0.25, -0.2) is 0 Å². The quantitative estimate of drug-likeness (QED) is 0.772. The highest BCUT2D eigenvalue weighted by atomic mass is 16.3. The molecule has 0 radical (unpaired) electrons. The van der Waals surface area contributed by atoms with Gasteiger partial charge in [-0.2, -0.15) is 0 Å². The number of benzene rings is 1. The van der Waals surface area contributed by atoms with Gasteiger partial charge in [-0.3, -0.25) is 0 Å². The van der Waals surface area contributed by atoms with Gasteiger partial charge in [-0.15, -0.1) is 0 Å².